The van der Waals surface area contributed by atoms with Gasteiger partial charge in [0.1, 0.15) is 5.60 Å². The minimum absolute atomic E-state index is 0.212. The predicted molar refractivity (Wildman–Crippen MR) is 87.3 cm³/mol. The van der Waals surface area contributed by atoms with Gasteiger partial charge in [0.05, 0.1) is 6.04 Å². The Morgan fingerprint density at radius 3 is 2.23 bits per heavy atom. The van der Waals surface area contributed by atoms with Gasteiger partial charge in [-0.2, -0.15) is 0 Å². The number of benzene rings is 1. The number of amides is 1. The Bertz CT molecular complexity index is 479. The van der Waals surface area contributed by atoms with Gasteiger partial charge in [0, 0.05) is 13.0 Å². The van der Waals surface area contributed by atoms with Crippen molar-refractivity contribution in [2.75, 3.05) is 6.54 Å². The van der Waals surface area contributed by atoms with Crippen LogP contribution in [0.15, 0.2) is 30.3 Å². The third-order valence-electron chi connectivity index (χ3n) is 3.50. The second-order valence-corrected chi connectivity index (χ2v) is 6.77. The van der Waals surface area contributed by atoms with Gasteiger partial charge < -0.3 is 9.64 Å². The Morgan fingerprint density at radius 1 is 1.27 bits per heavy atom. The molecule has 1 aliphatic heterocycles. The van der Waals surface area contributed by atoms with Crippen LogP contribution < -0.4 is 0 Å². The zero-order chi connectivity index (χ0) is 16.8. The molecule has 0 aromatic heterocycles. The topological polar surface area (TPSA) is 46.6 Å². The maximum Gasteiger partial charge on any atom is 0.293 e. The van der Waals surface area contributed by atoms with Crippen molar-refractivity contribution >= 4 is 12.4 Å². The molecule has 0 spiro atoms. The Labute approximate surface area is 133 Å². The maximum atomic E-state index is 11.7. The third kappa shape index (κ3) is 5.88. The van der Waals surface area contributed by atoms with Crippen molar-refractivity contribution in [1.82, 2.24) is 4.90 Å². The molecule has 4 nitrogen and oxygen atoms in total. The van der Waals surface area contributed by atoms with Crippen molar-refractivity contribution < 1.29 is 14.3 Å². The third-order valence-corrected chi connectivity index (χ3v) is 3.50. The summed E-state index contributed by atoms with van der Waals surface area (Å²) >= 11 is 0. The molecule has 1 heterocycles. The predicted octanol–water partition coefficient (Wildman–Crippen LogP) is 3.57. The summed E-state index contributed by atoms with van der Waals surface area (Å²) in [6.45, 7) is 11.1. The van der Waals surface area contributed by atoms with Crippen LogP contribution in [0.2, 0.25) is 0 Å². The van der Waals surface area contributed by atoms with E-state index in [1.807, 2.05) is 43.9 Å². The van der Waals surface area contributed by atoms with Crippen molar-refractivity contribution in [2.24, 2.45) is 5.92 Å². The molecule has 1 aromatic carbocycles. The van der Waals surface area contributed by atoms with E-state index in [1.54, 1.807) is 0 Å². The van der Waals surface area contributed by atoms with Crippen LogP contribution in [0.1, 0.15) is 52.6 Å². The summed E-state index contributed by atoms with van der Waals surface area (Å²) in [7, 11) is 0. The number of likely N-dealkylation sites (tertiary alicyclic amines) is 1. The molecular formula is C18H27NO3. The first-order valence-corrected chi connectivity index (χ1v) is 7.70. The number of hydrogen-bond acceptors (Lipinski definition) is 3. The van der Waals surface area contributed by atoms with E-state index in [4.69, 9.17) is 0 Å². The van der Waals surface area contributed by atoms with Crippen molar-refractivity contribution in [3.05, 3.63) is 35.9 Å². The fourth-order valence-electron chi connectivity index (χ4n) is 2.35. The number of hydrogen-bond donors (Lipinski definition) is 0. The molecule has 0 saturated carbocycles. The van der Waals surface area contributed by atoms with Crippen LogP contribution in [0.4, 0.5) is 0 Å². The number of rotatable bonds is 3. The molecule has 1 amide bonds. The minimum atomic E-state index is -0.318. The largest absolute Gasteiger partial charge is 0.462 e. The highest BCUT2D eigenvalue weighted by atomic mass is 16.5. The van der Waals surface area contributed by atoms with Gasteiger partial charge in [0.15, 0.2) is 0 Å². The minimum Gasteiger partial charge on any atom is -0.462 e. The van der Waals surface area contributed by atoms with Gasteiger partial charge in [-0.25, -0.2) is 0 Å². The van der Waals surface area contributed by atoms with Gasteiger partial charge in [0.2, 0.25) is 5.91 Å². The molecule has 2 rings (SSSR count). The lowest BCUT2D eigenvalue weighted by Gasteiger charge is -2.24. The molecule has 1 aliphatic rings. The fraction of sp³-hybridized carbons (Fsp3) is 0.556. The molecule has 0 radical (unpaired) electrons. The summed E-state index contributed by atoms with van der Waals surface area (Å²) in [6.07, 6.45) is 0.706. The van der Waals surface area contributed by atoms with Crippen molar-refractivity contribution in [3.8, 4) is 0 Å². The Morgan fingerprint density at radius 2 is 1.86 bits per heavy atom. The lowest BCUT2D eigenvalue weighted by Crippen LogP contribution is -2.28. The molecular weight excluding hydrogens is 278 g/mol. The smallest absolute Gasteiger partial charge is 0.293 e. The first-order valence-electron chi connectivity index (χ1n) is 7.70. The van der Waals surface area contributed by atoms with E-state index in [2.05, 4.69) is 30.7 Å². The van der Waals surface area contributed by atoms with Gasteiger partial charge >= 0.3 is 0 Å². The van der Waals surface area contributed by atoms with Gasteiger partial charge in [-0.05, 0) is 39.2 Å². The molecule has 1 saturated heterocycles. The Kier molecular flexibility index (Phi) is 6.60. The first-order chi connectivity index (χ1) is 10.2. The van der Waals surface area contributed by atoms with Crippen LogP contribution in [-0.4, -0.2) is 29.4 Å². The summed E-state index contributed by atoms with van der Waals surface area (Å²) in [5.74, 6) is 0.794. The normalized spacial score (nSPS) is 19.2. The van der Waals surface area contributed by atoms with Crippen LogP contribution >= 0.6 is 0 Å². The standard InChI is InChI=1S/C13H17NO.C5H10O2/c1-10-8-13(15)14(9-10)11(2)12-6-4-3-5-7-12;1-5(2,3)7-4-6/h3-7,10-11H,8-9H2,1-2H3;4H,1-3H3/t10?,11-;/m1./s1. The lowest BCUT2D eigenvalue weighted by molar-refractivity contribution is -0.138. The number of nitrogens with zero attached hydrogens (tertiary/aromatic N) is 1. The van der Waals surface area contributed by atoms with Crippen molar-refractivity contribution in [2.45, 2.75) is 52.7 Å². The van der Waals surface area contributed by atoms with E-state index in [-0.39, 0.29) is 11.6 Å². The summed E-state index contributed by atoms with van der Waals surface area (Å²) in [6, 6.07) is 10.4. The number of ether oxygens (including phenoxy) is 1. The molecule has 1 unspecified atom stereocenters. The highest BCUT2D eigenvalue weighted by Gasteiger charge is 2.30. The van der Waals surface area contributed by atoms with E-state index in [0.717, 1.165) is 6.54 Å². The number of carbonyl (C=O) groups is 2. The maximum absolute atomic E-state index is 11.7. The summed E-state index contributed by atoms with van der Waals surface area (Å²) in [5.41, 5.74) is 0.904. The molecule has 2 atom stereocenters. The lowest BCUT2D eigenvalue weighted by atomic mass is 10.1. The zero-order valence-electron chi connectivity index (χ0n) is 14.2. The Hall–Kier alpha value is -1.84. The van der Waals surface area contributed by atoms with Crippen LogP contribution in [0.25, 0.3) is 0 Å². The van der Waals surface area contributed by atoms with E-state index in [1.165, 1.54) is 5.56 Å². The van der Waals surface area contributed by atoms with E-state index >= 15 is 0 Å². The molecule has 122 valence electrons. The van der Waals surface area contributed by atoms with E-state index in [9.17, 15) is 9.59 Å². The monoisotopic (exact) mass is 305 g/mol. The van der Waals surface area contributed by atoms with Gasteiger partial charge in [-0.15, -0.1) is 0 Å². The second-order valence-electron chi connectivity index (χ2n) is 6.77. The molecule has 1 fully saturated rings. The van der Waals surface area contributed by atoms with Gasteiger partial charge in [0.25, 0.3) is 6.47 Å². The van der Waals surface area contributed by atoms with Gasteiger partial charge in [-0.3, -0.25) is 9.59 Å². The first kappa shape index (κ1) is 18.2. The SMILES string of the molecule is CC(C)(C)OC=O.CC1CC(=O)N([C@H](C)c2ccccc2)C1. The van der Waals surface area contributed by atoms with Crippen LogP contribution in [0.3, 0.4) is 0 Å². The van der Waals surface area contributed by atoms with E-state index < -0.39 is 0 Å². The highest BCUT2D eigenvalue weighted by Crippen LogP contribution is 2.27. The highest BCUT2D eigenvalue weighted by molar-refractivity contribution is 5.79. The van der Waals surface area contributed by atoms with Gasteiger partial charge in [-0.1, -0.05) is 37.3 Å². The van der Waals surface area contributed by atoms with E-state index in [0.29, 0.717) is 24.7 Å². The summed E-state index contributed by atoms with van der Waals surface area (Å²) < 4.78 is 4.55. The summed E-state index contributed by atoms with van der Waals surface area (Å²) in [4.78, 5) is 23.3. The van der Waals surface area contributed by atoms with Crippen LogP contribution in [-0.2, 0) is 14.3 Å². The zero-order valence-corrected chi connectivity index (χ0v) is 14.2. The molecule has 0 N–H and O–H groups in total. The molecule has 1 aromatic rings. The summed E-state index contributed by atoms with van der Waals surface area (Å²) in [5, 5.41) is 0. The van der Waals surface area contributed by atoms with Crippen LogP contribution in [0.5, 0.6) is 0 Å². The molecule has 0 bridgehead atoms. The fourth-order valence-corrected chi connectivity index (χ4v) is 2.35. The van der Waals surface area contributed by atoms with Crippen molar-refractivity contribution in [1.29, 1.82) is 0 Å². The molecule has 0 aliphatic carbocycles. The Balaban J connectivity index is 0.000000295. The van der Waals surface area contributed by atoms with Crippen molar-refractivity contribution in [3.63, 3.8) is 0 Å². The average molecular weight is 305 g/mol. The van der Waals surface area contributed by atoms with Crippen LogP contribution in [0, 0.1) is 5.92 Å². The number of carbonyl (C=O) groups excluding carboxylic acids is 2. The molecule has 22 heavy (non-hydrogen) atoms. The quantitative estimate of drug-likeness (QED) is 0.802. The average Bonchev–Trinajstić information content (AvgIpc) is 2.77. The second kappa shape index (κ2) is 7.97. The molecule has 4 heteroatoms.